The fraction of sp³-hybridized carbons (Fsp3) is 0.667. The van der Waals surface area contributed by atoms with Crippen molar-refractivity contribution in [1.82, 2.24) is 0 Å². The average molecular weight is 347 g/mol. The summed E-state index contributed by atoms with van der Waals surface area (Å²) < 4.78 is 5.55. The van der Waals surface area contributed by atoms with Crippen molar-refractivity contribution < 1.29 is 9.53 Å². The van der Waals surface area contributed by atoms with Gasteiger partial charge < -0.3 is 4.74 Å². The van der Waals surface area contributed by atoms with Crippen molar-refractivity contribution in [2.45, 2.75) is 56.1 Å². The molecular weight excluding hydrogens is 316 g/mol. The Hall–Kier alpha value is -0.800. The van der Waals surface area contributed by atoms with Crippen LogP contribution < -0.4 is 0 Å². The van der Waals surface area contributed by atoms with Crippen molar-refractivity contribution >= 4 is 15.8 Å². The minimum absolute atomic E-state index is 0.273. The number of rotatable bonds is 2. The van der Waals surface area contributed by atoms with E-state index >= 15 is 0 Å². The van der Waals surface area contributed by atoms with E-state index in [1.54, 1.807) is 0 Å². The Bertz CT molecular complexity index is 612. The van der Waals surface area contributed by atoms with Crippen LogP contribution in [-0.4, -0.2) is 42.0 Å². The zero-order chi connectivity index (χ0) is 16.6. The van der Waals surface area contributed by atoms with E-state index in [1.807, 2.05) is 0 Å². The van der Waals surface area contributed by atoms with Gasteiger partial charge in [-0.05, 0) is 49.0 Å². The lowest BCUT2D eigenvalue weighted by Crippen LogP contribution is -2.38. The summed E-state index contributed by atoms with van der Waals surface area (Å²) in [5.74, 6) is 3.39. The van der Waals surface area contributed by atoms with Crippen LogP contribution in [0.1, 0.15) is 65.9 Å². The lowest BCUT2D eigenvalue weighted by Gasteiger charge is -2.46. The first-order chi connectivity index (χ1) is 11.7. The second-order valence-electron chi connectivity index (χ2n) is 8.01. The summed E-state index contributed by atoms with van der Waals surface area (Å²) in [5, 5.41) is 0.273. The Morgan fingerprint density at radius 1 is 1.04 bits per heavy atom. The number of ether oxygens (including phenoxy) is 1. The number of aryl methyl sites for hydroxylation is 1. The third-order valence-corrected chi connectivity index (χ3v) is 10.5. The summed E-state index contributed by atoms with van der Waals surface area (Å²) in [4.78, 5) is 13.2. The second-order valence-corrected chi connectivity index (χ2v) is 12.1. The molecule has 3 aliphatic rings. The van der Waals surface area contributed by atoms with E-state index in [1.165, 1.54) is 43.2 Å². The Balaban J connectivity index is 1.57. The highest BCUT2D eigenvalue weighted by molar-refractivity contribution is 8.34. The predicted octanol–water partition coefficient (Wildman–Crippen LogP) is 4.70. The number of carbonyl (C=O) groups is 1. The van der Waals surface area contributed by atoms with E-state index in [4.69, 9.17) is 4.74 Å². The molecule has 132 valence electrons. The first-order valence-corrected chi connectivity index (χ1v) is 12.1. The molecule has 3 heteroatoms. The van der Waals surface area contributed by atoms with E-state index in [0.29, 0.717) is 5.78 Å². The second kappa shape index (κ2) is 6.84. The third-order valence-electron chi connectivity index (χ3n) is 6.51. The van der Waals surface area contributed by atoms with Gasteiger partial charge in [0, 0.05) is 17.1 Å². The number of ketones is 1. The molecule has 2 nitrogen and oxygen atoms in total. The van der Waals surface area contributed by atoms with Crippen LogP contribution in [0.2, 0.25) is 0 Å². The Morgan fingerprint density at radius 3 is 2.54 bits per heavy atom. The van der Waals surface area contributed by atoms with Crippen LogP contribution in [0.5, 0.6) is 0 Å². The Labute approximate surface area is 147 Å². The molecule has 1 unspecified atom stereocenters. The van der Waals surface area contributed by atoms with Crippen LogP contribution in [0.4, 0.5) is 0 Å². The predicted molar refractivity (Wildman–Crippen MR) is 103 cm³/mol. The van der Waals surface area contributed by atoms with E-state index in [9.17, 15) is 4.79 Å². The molecule has 0 spiro atoms. The summed E-state index contributed by atoms with van der Waals surface area (Å²) in [6, 6.07) is 6.80. The summed E-state index contributed by atoms with van der Waals surface area (Å²) >= 11 is 0. The van der Waals surface area contributed by atoms with E-state index in [2.05, 4.69) is 24.5 Å². The van der Waals surface area contributed by atoms with Gasteiger partial charge in [0.2, 0.25) is 0 Å². The molecule has 0 bridgehead atoms. The molecule has 2 fully saturated rings. The molecule has 1 atom stereocenters. The molecule has 0 aromatic heterocycles. The number of benzene rings is 1. The molecule has 1 aromatic carbocycles. The molecule has 1 saturated heterocycles. The maximum absolute atomic E-state index is 13.2. The average Bonchev–Trinajstić information content (AvgIpc) is 2.63. The monoisotopic (exact) mass is 346 g/mol. The van der Waals surface area contributed by atoms with Gasteiger partial charge in [-0.25, -0.2) is 10.0 Å². The van der Waals surface area contributed by atoms with Gasteiger partial charge in [-0.15, -0.1) is 0 Å². The Kier molecular flexibility index (Phi) is 4.75. The molecule has 4 rings (SSSR count). The fourth-order valence-electron chi connectivity index (χ4n) is 4.87. The molecule has 1 aromatic rings. The van der Waals surface area contributed by atoms with Gasteiger partial charge in [-0.2, -0.15) is 0 Å². The van der Waals surface area contributed by atoms with Crippen molar-refractivity contribution in [2.75, 3.05) is 31.0 Å². The molecule has 1 heterocycles. The van der Waals surface area contributed by atoms with Crippen molar-refractivity contribution in [2.24, 2.45) is 0 Å². The van der Waals surface area contributed by atoms with Gasteiger partial charge in [0.05, 0.1) is 18.5 Å². The van der Waals surface area contributed by atoms with Gasteiger partial charge in [-0.1, -0.05) is 37.5 Å². The number of fused-ring (bicyclic) bond motifs is 1. The highest BCUT2D eigenvalue weighted by Gasteiger charge is 2.39. The lowest BCUT2D eigenvalue weighted by molar-refractivity contribution is 0.0976. The highest BCUT2D eigenvalue weighted by Crippen LogP contribution is 2.54. The van der Waals surface area contributed by atoms with Crippen molar-refractivity contribution in [1.29, 1.82) is 0 Å². The summed E-state index contributed by atoms with van der Waals surface area (Å²) in [6.07, 6.45) is 11.3. The molecule has 0 radical (unpaired) electrons. The van der Waals surface area contributed by atoms with Gasteiger partial charge >= 0.3 is 0 Å². The standard InChI is InChI=1S/C21H30O2S/c1-24(13-11-23-12-14-24)20-10-8-18-15-17(7-9-19(18)21(20)22)16-5-3-2-4-6-16/h7,9,15-16,20H,2-6,8,10-14H2,1H3. The largest absolute Gasteiger partial charge is 0.380 e. The van der Waals surface area contributed by atoms with Crippen LogP contribution in [0.25, 0.3) is 0 Å². The third kappa shape index (κ3) is 3.06. The van der Waals surface area contributed by atoms with Crippen LogP contribution in [0.3, 0.4) is 0 Å². The molecule has 24 heavy (non-hydrogen) atoms. The first-order valence-electron chi connectivity index (χ1n) is 9.65. The summed E-state index contributed by atoms with van der Waals surface area (Å²) in [6.45, 7) is 1.70. The molecule has 2 aliphatic carbocycles. The lowest BCUT2D eigenvalue weighted by atomic mass is 9.81. The van der Waals surface area contributed by atoms with Gasteiger partial charge in [0.25, 0.3) is 0 Å². The first kappa shape index (κ1) is 16.7. The van der Waals surface area contributed by atoms with Crippen LogP contribution in [-0.2, 0) is 11.2 Å². The van der Waals surface area contributed by atoms with Crippen LogP contribution in [0, 0.1) is 0 Å². The molecular formula is C21H30O2S. The van der Waals surface area contributed by atoms with Crippen molar-refractivity contribution in [3.63, 3.8) is 0 Å². The molecule has 1 saturated carbocycles. The van der Waals surface area contributed by atoms with Gasteiger partial charge in [0.1, 0.15) is 0 Å². The number of hydrogen-bond donors (Lipinski definition) is 0. The number of carbonyl (C=O) groups excluding carboxylic acids is 1. The van der Waals surface area contributed by atoms with Gasteiger partial charge in [0.15, 0.2) is 5.78 Å². The summed E-state index contributed by atoms with van der Waals surface area (Å²) in [5.41, 5.74) is 3.85. The smallest absolute Gasteiger partial charge is 0.174 e. The maximum atomic E-state index is 13.2. The molecule has 0 N–H and O–H groups in total. The van der Waals surface area contributed by atoms with Crippen molar-refractivity contribution in [3.05, 3.63) is 34.9 Å². The highest BCUT2D eigenvalue weighted by atomic mass is 32.3. The topological polar surface area (TPSA) is 26.3 Å². The van der Waals surface area contributed by atoms with E-state index < -0.39 is 10.0 Å². The van der Waals surface area contributed by atoms with Crippen LogP contribution in [0.15, 0.2) is 18.2 Å². The van der Waals surface area contributed by atoms with Crippen molar-refractivity contribution in [3.8, 4) is 0 Å². The number of Topliss-reactive ketones (excluding diaryl/α,β-unsaturated/α-hetero) is 1. The minimum atomic E-state index is -0.839. The zero-order valence-corrected chi connectivity index (χ0v) is 15.7. The molecule has 1 aliphatic heterocycles. The van der Waals surface area contributed by atoms with E-state index in [0.717, 1.165) is 49.0 Å². The van der Waals surface area contributed by atoms with E-state index in [-0.39, 0.29) is 5.25 Å². The zero-order valence-electron chi connectivity index (χ0n) is 14.9. The normalized spacial score (nSPS) is 29.0. The van der Waals surface area contributed by atoms with Gasteiger partial charge in [-0.3, -0.25) is 4.79 Å². The number of hydrogen-bond acceptors (Lipinski definition) is 2. The Morgan fingerprint density at radius 2 is 1.79 bits per heavy atom. The quantitative estimate of drug-likeness (QED) is 0.776. The van der Waals surface area contributed by atoms with Crippen LogP contribution >= 0.6 is 10.0 Å². The summed E-state index contributed by atoms with van der Waals surface area (Å²) in [7, 11) is -0.839. The SMILES string of the molecule is CS1(C2CCc3cc(C4CCCCC4)ccc3C2=O)CCOCC1. The maximum Gasteiger partial charge on any atom is 0.174 e. The minimum Gasteiger partial charge on any atom is -0.380 e. The molecule has 0 amide bonds. The fourth-order valence-corrected chi connectivity index (χ4v) is 7.97.